The third kappa shape index (κ3) is 2.69. The third-order valence-corrected chi connectivity index (χ3v) is 5.54. The highest BCUT2D eigenvalue weighted by atomic mass is 35.5. The minimum absolute atomic E-state index is 0.237. The summed E-state index contributed by atoms with van der Waals surface area (Å²) in [5.41, 5.74) is 1.52. The van der Waals surface area contributed by atoms with E-state index in [1.807, 2.05) is 13.0 Å². The number of carbonyl (C=O) groups excluding carboxylic acids is 1. The van der Waals surface area contributed by atoms with Crippen LogP contribution in [0.4, 0.5) is 5.69 Å². The van der Waals surface area contributed by atoms with Crippen molar-refractivity contribution in [3.63, 3.8) is 0 Å². The predicted octanol–water partition coefficient (Wildman–Crippen LogP) is 4.56. The largest absolute Gasteiger partial charge is 0.460 e. The number of aryl methyl sites for hydroxylation is 3. The highest BCUT2D eigenvalue weighted by Crippen LogP contribution is 2.32. The normalized spacial score (nSPS) is 11.4. The summed E-state index contributed by atoms with van der Waals surface area (Å²) < 4.78 is 5.54. The molecule has 0 aliphatic heterocycles. The Hall–Kier alpha value is -2.64. The molecule has 1 aromatic carbocycles. The molecule has 26 heavy (non-hydrogen) atoms. The Morgan fingerprint density at radius 3 is 2.81 bits per heavy atom. The van der Waals surface area contributed by atoms with Crippen LogP contribution in [-0.2, 0) is 0 Å². The van der Waals surface area contributed by atoms with E-state index in [1.54, 1.807) is 26.0 Å². The first-order valence-corrected chi connectivity index (χ1v) is 9.04. The van der Waals surface area contributed by atoms with Crippen LogP contribution in [0.3, 0.4) is 0 Å². The van der Waals surface area contributed by atoms with Gasteiger partial charge in [-0.1, -0.05) is 11.6 Å². The monoisotopic (exact) mass is 387 g/mol. The number of H-pyrrole nitrogens is 1. The van der Waals surface area contributed by atoms with Crippen LogP contribution in [-0.4, -0.2) is 15.9 Å². The number of aromatic nitrogens is 2. The fourth-order valence-electron chi connectivity index (χ4n) is 2.97. The van der Waals surface area contributed by atoms with Gasteiger partial charge < -0.3 is 14.7 Å². The Morgan fingerprint density at radius 2 is 2.04 bits per heavy atom. The molecule has 0 bridgehead atoms. The molecule has 3 aromatic heterocycles. The van der Waals surface area contributed by atoms with Crippen molar-refractivity contribution in [2.24, 2.45) is 0 Å². The average Bonchev–Trinajstić information content (AvgIpc) is 3.07. The van der Waals surface area contributed by atoms with Crippen molar-refractivity contribution in [2.45, 2.75) is 20.8 Å². The van der Waals surface area contributed by atoms with Gasteiger partial charge in [0.15, 0.2) is 5.58 Å². The Bertz CT molecular complexity index is 1250. The molecular formula is C18H14ClN3O3S. The third-order valence-electron chi connectivity index (χ3n) is 4.08. The summed E-state index contributed by atoms with van der Waals surface area (Å²) in [6, 6.07) is 5.30. The van der Waals surface area contributed by atoms with Crippen LogP contribution in [0.5, 0.6) is 0 Å². The number of amides is 1. The second kappa shape index (κ2) is 5.96. The molecule has 6 nitrogen and oxygen atoms in total. The molecule has 3 heterocycles. The van der Waals surface area contributed by atoms with Crippen LogP contribution in [0.1, 0.15) is 26.8 Å². The molecule has 0 saturated carbocycles. The molecule has 0 spiro atoms. The quantitative estimate of drug-likeness (QED) is 0.527. The number of thiophene rings is 1. The van der Waals surface area contributed by atoms with Crippen LogP contribution in [0, 0.1) is 20.8 Å². The number of fused-ring (bicyclic) bond motifs is 2. The summed E-state index contributed by atoms with van der Waals surface area (Å²) in [6.07, 6.45) is 0. The maximum absolute atomic E-state index is 12.7. The molecule has 0 radical (unpaired) electrons. The molecular weight excluding hydrogens is 374 g/mol. The molecule has 0 unspecified atom stereocenters. The minimum Gasteiger partial charge on any atom is -0.460 e. The fourth-order valence-corrected chi connectivity index (χ4v) is 4.35. The number of carbonyl (C=O) groups is 1. The molecule has 0 saturated heterocycles. The molecule has 4 aromatic rings. The van der Waals surface area contributed by atoms with Crippen molar-refractivity contribution in [1.82, 2.24) is 9.97 Å². The van der Waals surface area contributed by atoms with E-state index in [2.05, 4.69) is 15.3 Å². The van der Waals surface area contributed by atoms with Gasteiger partial charge in [0.1, 0.15) is 16.4 Å². The van der Waals surface area contributed by atoms with Crippen molar-refractivity contribution in [1.29, 1.82) is 0 Å². The molecule has 8 heteroatoms. The van der Waals surface area contributed by atoms with Gasteiger partial charge in [-0.25, -0.2) is 4.98 Å². The predicted molar refractivity (Wildman–Crippen MR) is 104 cm³/mol. The van der Waals surface area contributed by atoms with Crippen LogP contribution in [0.15, 0.2) is 27.4 Å². The van der Waals surface area contributed by atoms with Crippen molar-refractivity contribution in [3.8, 4) is 0 Å². The van der Waals surface area contributed by atoms with E-state index in [9.17, 15) is 9.59 Å². The first-order valence-electron chi connectivity index (χ1n) is 7.84. The van der Waals surface area contributed by atoms with Gasteiger partial charge in [-0.3, -0.25) is 9.59 Å². The lowest BCUT2D eigenvalue weighted by molar-refractivity contribution is 0.103. The van der Waals surface area contributed by atoms with Gasteiger partial charge in [0.05, 0.1) is 15.3 Å². The summed E-state index contributed by atoms with van der Waals surface area (Å²) in [4.78, 5) is 32.9. The zero-order valence-electron chi connectivity index (χ0n) is 14.2. The number of nitrogens with one attached hydrogen (secondary N) is 2. The summed E-state index contributed by atoms with van der Waals surface area (Å²) in [7, 11) is 0. The van der Waals surface area contributed by atoms with Crippen molar-refractivity contribution >= 4 is 55.7 Å². The highest BCUT2D eigenvalue weighted by molar-refractivity contribution is 7.20. The van der Waals surface area contributed by atoms with Crippen LogP contribution in [0.25, 0.3) is 21.2 Å². The average molecular weight is 388 g/mol. The van der Waals surface area contributed by atoms with Crippen molar-refractivity contribution in [2.75, 3.05) is 5.32 Å². The van der Waals surface area contributed by atoms with Crippen LogP contribution >= 0.6 is 22.9 Å². The SMILES string of the molecule is Cc1nc2sc(C(=O)Nc3cc(Cl)c4oc(C)cc4c3)c(C)c2c(=O)[nH]1. The number of benzene rings is 1. The Morgan fingerprint density at radius 1 is 1.27 bits per heavy atom. The molecule has 132 valence electrons. The van der Waals surface area contributed by atoms with Gasteiger partial charge in [-0.05, 0) is 44.5 Å². The van der Waals surface area contributed by atoms with Crippen molar-refractivity contribution in [3.05, 3.63) is 55.6 Å². The van der Waals surface area contributed by atoms with E-state index in [4.69, 9.17) is 16.0 Å². The number of hydrogen-bond acceptors (Lipinski definition) is 5. The molecule has 0 atom stereocenters. The van der Waals surface area contributed by atoms with Gasteiger partial charge >= 0.3 is 0 Å². The molecule has 4 rings (SSSR count). The molecule has 0 aliphatic rings. The number of furan rings is 1. The van der Waals surface area contributed by atoms with E-state index in [-0.39, 0.29) is 11.5 Å². The summed E-state index contributed by atoms with van der Waals surface area (Å²) in [6.45, 7) is 5.29. The Kier molecular flexibility index (Phi) is 3.86. The van der Waals surface area contributed by atoms with Gasteiger partial charge in [0.2, 0.25) is 0 Å². The number of aromatic amines is 1. The van der Waals surface area contributed by atoms with Gasteiger partial charge in [-0.2, -0.15) is 0 Å². The molecule has 0 fully saturated rings. The first-order chi connectivity index (χ1) is 12.3. The van der Waals surface area contributed by atoms with E-state index in [0.717, 1.165) is 11.1 Å². The van der Waals surface area contributed by atoms with Crippen LogP contribution in [0.2, 0.25) is 5.02 Å². The van der Waals surface area contributed by atoms with E-state index < -0.39 is 0 Å². The second-order valence-electron chi connectivity index (χ2n) is 6.08. The number of nitrogens with zero attached hydrogens (tertiary/aromatic N) is 1. The van der Waals surface area contributed by atoms with E-state index in [1.165, 1.54) is 11.3 Å². The number of anilines is 1. The minimum atomic E-state index is -0.307. The standard InChI is InChI=1S/C18H14ClN3O3S/c1-7-4-10-5-11(6-12(19)14(10)25-7)22-17(24)15-8(2)13-16(23)20-9(3)21-18(13)26-15/h4-6H,1-3H3,(H,22,24)(H,20,21,23). The lowest BCUT2D eigenvalue weighted by Crippen LogP contribution is -2.12. The highest BCUT2D eigenvalue weighted by Gasteiger charge is 2.19. The topological polar surface area (TPSA) is 88.0 Å². The summed E-state index contributed by atoms with van der Waals surface area (Å²) >= 11 is 7.44. The first kappa shape index (κ1) is 16.8. The van der Waals surface area contributed by atoms with Crippen molar-refractivity contribution < 1.29 is 9.21 Å². The zero-order valence-corrected chi connectivity index (χ0v) is 15.8. The smallest absolute Gasteiger partial charge is 0.266 e. The van der Waals surface area contributed by atoms with E-state index >= 15 is 0 Å². The van der Waals surface area contributed by atoms with E-state index in [0.29, 0.717) is 42.8 Å². The Labute approximate surface area is 156 Å². The zero-order chi connectivity index (χ0) is 18.6. The molecule has 1 amide bonds. The van der Waals surface area contributed by atoms with Gasteiger partial charge in [-0.15, -0.1) is 11.3 Å². The van der Waals surface area contributed by atoms with Gasteiger partial charge in [0.25, 0.3) is 11.5 Å². The number of hydrogen-bond donors (Lipinski definition) is 2. The Balaban J connectivity index is 1.75. The molecule has 2 N–H and O–H groups in total. The van der Waals surface area contributed by atoms with Gasteiger partial charge in [0, 0.05) is 11.1 Å². The maximum atomic E-state index is 12.7. The fraction of sp³-hybridized carbons (Fsp3) is 0.167. The summed E-state index contributed by atoms with van der Waals surface area (Å²) in [5, 5.41) is 4.53. The lowest BCUT2D eigenvalue weighted by Gasteiger charge is -2.05. The number of halogens is 1. The van der Waals surface area contributed by atoms with Crippen LogP contribution < -0.4 is 10.9 Å². The maximum Gasteiger partial charge on any atom is 0.266 e. The number of rotatable bonds is 2. The lowest BCUT2D eigenvalue weighted by atomic mass is 10.2. The second-order valence-corrected chi connectivity index (χ2v) is 7.48. The summed E-state index contributed by atoms with van der Waals surface area (Å²) in [5.74, 6) is 0.952. The molecule has 0 aliphatic carbocycles.